The van der Waals surface area contributed by atoms with Crippen LogP contribution in [0.5, 0.6) is 0 Å². The van der Waals surface area contributed by atoms with Crippen LogP contribution in [0.1, 0.15) is 26.3 Å². The van der Waals surface area contributed by atoms with Crippen molar-refractivity contribution in [2.45, 2.75) is 32.8 Å². The molecule has 0 saturated carbocycles. The van der Waals surface area contributed by atoms with Gasteiger partial charge in [-0.25, -0.2) is 9.78 Å². The standard InChI is InChI=1S/C12H15BrCl2N2O2/c1-12(2,3)19-11(18)16-5-4-7-8(13)6-9(14)17-10(7)15/h6H,4-5H2,1-3H3,(H,16,18). The SMILES string of the molecule is CC(C)(C)OC(=O)NCCc1c(Br)cc(Cl)nc1Cl. The minimum absolute atomic E-state index is 0.320. The molecule has 1 N–H and O–H groups in total. The number of carbonyl (C=O) groups is 1. The van der Waals surface area contributed by atoms with Crippen LogP contribution in [-0.2, 0) is 11.2 Å². The summed E-state index contributed by atoms with van der Waals surface area (Å²) in [5, 5.41) is 3.30. The number of amides is 1. The summed E-state index contributed by atoms with van der Waals surface area (Å²) in [5.74, 6) is 0. The van der Waals surface area contributed by atoms with E-state index < -0.39 is 11.7 Å². The van der Waals surface area contributed by atoms with Gasteiger partial charge in [0.25, 0.3) is 0 Å². The Hall–Kier alpha value is -0.520. The molecule has 0 saturated heterocycles. The molecule has 0 aliphatic rings. The monoisotopic (exact) mass is 368 g/mol. The molecule has 7 heteroatoms. The first kappa shape index (κ1) is 16.5. The Morgan fingerprint density at radius 3 is 2.63 bits per heavy atom. The topological polar surface area (TPSA) is 51.2 Å². The zero-order chi connectivity index (χ0) is 14.6. The number of alkyl carbamates (subject to hydrolysis) is 1. The van der Waals surface area contributed by atoms with Crippen molar-refractivity contribution in [1.82, 2.24) is 10.3 Å². The van der Waals surface area contributed by atoms with Gasteiger partial charge in [-0.05, 0) is 33.3 Å². The van der Waals surface area contributed by atoms with Crippen LogP contribution < -0.4 is 5.32 Å². The Balaban J connectivity index is 2.52. The van der Waals surface area contributed by atoms with Crippen molar-refractivity contribution in [1.29, 1.82) is 0 Å². The van der Waals surface area contributed by atoms with Gasteiger partial charge in [0.15, 0.2) is 0 Å². The van der Waals surface area contributed by atoms with Crippen molar-refractivity contribution in [3.05, 3.63) is 26.4 Å². The maximum atomic E-state index is 11.5. The van der Waals surface area contributed by atoms with Crippen molar-refractivity contribution in [2.75, 3.05) is 6.54 Å². The molecule has 1 aromatic heterocycles. The highest BCUT2D eigenvalue weighted by atomic mass is 79.9. The van der Waals surface area contributed by atoms with E-state index in [1.807, 2.05) is 20.8 Å². The summed E-state index contributed by atoms with van der Waals surface area (Å²) in [6.07, 6.45) is 0.0738. The molecule has 106 valence electrons. The van der Waals surface area contributed by atoms with Gasteiger partial charge >= 0.3 is 6.09 Å². The number of aromatic nitrogens is 1. The molecule has 0 fully saturated rings. The van der Waals surface area contributed by atoms with E-state index in [-0.39, 0.29) is 0 Å². The second-order valence-corrected chi connectivity index (χ2v) is 6.47. The second-order valence-electron chi connectivity index (χ2n) is 4.87. The lowest BCUT2D eigenvalue weighted by molar-refractivity contribution is 0.0528. The maximum absolute atomic E-state index is 11.5. The Kier molecular flexibility index (Phi) is 5.89. The van der Waals surface area contributed by atoms with E-state index in [0.29, 0.717) is 23.3 Å². The number of halogens is 3. The lowest BCUT2D eigenvalue weighted by atomic mass is 10.2. The molecular weight excluding hydrogens is 355 g/mol. The predicted molar refractivity (Wildman–Crippen MR) is 79.9 cm³/mol. The molecule has 0 bridgehead atoms. The highest BCUT2D eigenvalue weighted by Crippen LogP contribution is 2.26. The summed E-state index contributed by atoms with van der Waals surface area (Å²) in [4.78, 5) is 15.4. The molecular formula is C12H15BrCl2N2O2. The molecule has 0 aliphatic heterocycles. The molecule has 1 rings (SSSR count). The molecule has 19 heavy (non-hydrogen) atoms. The Morgan fingerprint density at radius 1 is 1.47 bits per heavy atom. The fourth-order valence-electron chi connectivity index (χ4n) is 1.31. The van der Waals surface area contributed by atoms with Gasteiger partial charge in [-0.3, -0.25) is 0 Å². The van der Waals surface area contributed by atoms with Gasteiger partial charge in [0.05, 0.1) is 0 Å². The Labute approximate surface area is 131 Å². The number of hydrogen-bond acceptors (Lipinski definition) is 3. The van der Waals surface area contributed by atoms with Crippen LogP contribution in [0.2, 0.25) is 10.3 Å². The second kappa shape index (κ2) is 6.77. The summed E-state index contributed by atoms with van der Waals surface area (Å²) in [7, 11) is 0. The number of hydrogen-bond donors (Lipinski definition) is 1. The van der Waals surface area contributed by atoms with Crippen LogP contribution in [0.3, 0.4) is 0 Å². The molecule has 0 atom stereocenters. The normalized spacial score (nSPS) is 11.3. The summed E-state index contributed by atoms with van der Waals surface area (Å²) < 4.78 is 5.89. The molecule has 0 radical (unpaired) electrons. The van der Waals surface area contributed by atoms with Crippen LogP contribution in [-0.4, -0.2) is 23.2 Å². The van der Waals surface area contributed by atoms with Crippen molar-refractivity contribution in [2.24, 2.45) is 0 Å². The summed E-state index contributed by atoms with van der Waals surface area (Å²) in [5.41, 5.74) is 0.284. The van der Waals surface area contributed by atoms with E-state index in [1.54, 1.807) is 6.07 Å². The van der Waals surface area contributed by atoms with Crippen molar-refractivity contribution >= 4 is 45.2 Å². The molecule has 1 aromatic rings. The Morgan fingerprint density at radius 2 is 2.11 bits per heavy atom. The van der Waals surface area contributed by atoms with Crippen LogP contribution in [0.25, 0.3) is 0 Å². The summed E-state index contributed by atoms with van der Waals surface area (Å²) in [6.45, 7) is 5.83. The quantitative estimate of drug-likeness (QED) is 0.811. The van der Waals surface area contributed by atoms with E-state index >= 15 is 0 Å². The van der Waals surface area contributed by atoms with Gasteiger partial charge in [0, 0.05) is 16.6 Å². The van der Waals surface area contributed by atoms with E-state index in [1.165, 1.54) is 0 Å². The number of pyridine rings is 1. The first-order chi connectivity index (χ1) is 8.69. The van der Waals surface area contributed by atoms with E-state index in [2.05, 4.69) is 26.2 Å². The van der Waals surface area contributed by atoms with Crippen LogP contribution in [0.4, 0.5) is 4.79 Å². The molecule has 0 aliphatic carbocycles. The average molecular weight is 370 g/mol. The largest absolute Gasteiger partial charge is 0.444 e. The molecule has 0 unspecified atom stereocenters. The fourth-order valence-corrected chi connectivity index (χ4v) is 2.68. The van der Waals surface area contributed by atoms with Crippen molar-refractivity contribution in [3.63, 3.8) is 0 Å². The van der Waals surface area contributed by atoms with Gasteiger partial charge in [0.2, 0.25) is 0 Å². The Bertz CT molecular complexity index is 452. The first-order valence-corrected chi connectivity index (χ1v) is 7.21. The third-order valence-corrected chi connectivity index (χ3v) is 3.25. The van der Waals surface area contributed by atoms with Gasteiger partial charge in [0.1, 0.15) is 15.9 Å². The maximum Gasteiger partial charge on any atom is 0.407 e. The zero-order valence-corrected chi connectivity index (χ0v) is 14.0. The average Bonchev–Trinajstić information content (AvgIpc) is 2.19. The lowest BCUT2D eigenvalue weighted by Gasteiger charge is -2.19. The molecule has 0 aromatic carbocycles. The minimum atomic E-state index is -0.510. The third kappa shape index (κ3) is 5.97. The number of carbonyl (C=O) groups excluding carboxylic acids is 1. The van der Waals surface area contributed by atoms with Crippen LogP contribution >= 0.6 is 39.1 Å². The summed E-state index contributed by atoms with van der Waals surface area (Å²) >= 11 is 15.1. The fraction of sp³-hybridized carbons (Fsp3) is 0.500. The third-order valence-electron chi connectivity index (χ3n) is 2.03. The molecule has 0 spiro atoms. The molecule has 4 nitrogen and oxygen atoms in total. The molecule has 1 heterocycles. The summed E-state index contributed by atoms with van der Waals surface area (Å²) in [6, 6.07) is 1.66. The minimum Gasteiger partial charge on any atom is -0.444 e. The van der Waals surface area contributed by atoms with Gasteiger partial charge in [-0.1, -0.05) is 39.1 Å². The van der Waals surface area contributed by atoms with Crippen LogP contribution in [0.15, 0.2) is 10.5 Å². The lowest BCUT2D eigenvalue weighted by Crippen LogP contribution is -2.33. The predicted octanol–water partition coefficient (Wildman–Crippen LogP) is 4.22. The molecule has 1 amide bonds. The number of nitrogens with one attached hydrogen (secondary N) is 1. The van der Waals surface area contributed by atoms with Gasteiger partial charge < -0.3 is 10.1 Å². The van der Waals surface area contributed by atoms with Crippen LogP contribution in [0, 0.1) is 0 Å². The van der Waals surface area contributed by atoms with Gasteiger partial charge in [-0.2, -0.15) is 0 Å². The van der Waals surface area contributed by atoms with E-state index in [4.69, 9.17) is 27.9 Å². The smallest absolute Gasteiger partial charge is 0.407 e. The van der Waals surface area contributed by atoms with Crippen molar-refractivity contribution < 1.29 is 9.53 Å². The van der Waals surface area contributed by atoms with Gasteiger partial charge in [-0.15, -0.1) is 0 Å². The number of ether oxygens (including phenoxy) is 1. The van der Waals surface area contributed by atoms with E-state index in [0.717, 1.165) is 10.0 Å². The van der Waals surface area contributed by atoms with Crippen molar-refractivity contribution in [3.8, 4) is 0 Å². The first-order valence-electron chi connectivity index (χ1n) is 5.66. The number of rotatable bonds is 3. The van der Waals surface area contributed by atoms with E-state index in [9.17, 15) is 4.79 Å². The highest BCUT2D eigenvalue weighted by Gasteiger charge is 2.16. The zero-order valence-electron chi connectivity index (χ0n) is 10.9. The highest BCUT2D eigenvalue weighted by molar-refractivity contribution is 9.10. The number of nitrogens with zero attached hydrogens (tertiary/aromatic N) is 1.